The Morgan fingerprint density at radius 3 is 2.65 bits per heavy atom. The summed E-state index contributed by atoms with van der Waals surface area (Å²) in [6.45, 7) is 9.07. The third-order valence-electron chi connectivity index (χ3n) is 3.14. The van der Waals surface area contributed by atoms with Crippen molar-refractivity contribution in [2.45, 2.75) is 39.5 Å². The molecule has 2 aromatic heterocycles. The van der Waals surface area contributed by atoms with E-state index in [9.17, 15) is 0 Å². The van der Waals surface area contributed by atoms with Crippen LogP contribution >= 0.6 is 11.3 Å². The van der Waals surface area contributed by atoms with Gasteiger partial charge < -0.3 is 11.1 Å². The Hall–Kier alpha value is -1.62. The highest BCUT2D eigenvalue weighted by atomic mass is 32.1. The number of hydrogen-bond donors (Lipinski definition) is 2. The number of thiophene rings is 1. The van der Waals surface area contributed by atoms with E-state index in [1.807, 2.05) is 6.92 Å². The van der Waals surface area contributed by atoms with Crippen LogP contribution in [0, 0.1) is 6.92 Å². The van der Waals surface area contributed by atoms with Crippen molar-refractivity contribution in [3.05, 3.63) is 33.8 Å². The molecule has 108 valence electrons. The van der Waals surface area contributed by atoms with Crippen LogP contribution in [-0.2, 0) is 11.8 Å². The molecule has 0 atom stereocenters. The van der Waals surface area contributed by atoms with Gasteiger partial charge in [0.05, 0.1) is 0 Å². The molecule has 0 aliphatic carbocycles. The Balaban J connectivity index is 2.12. The van der Waals surface area contributed by atoms with Crippen LogP contribution in [0.2, 0.25) is 0 Å². The molecule has 0 fully saturated rings. The number of rotatable bonds is 4. The minimum Gasteiger partial charge on any atom is -0.383 e. The topological polar surface area (TPSA) is 63.8 Å². The molecule has 0 radical (unpaired) electrons. The molecule has 0 aromatic carbocycles. The summed E-state index contributed by atoms with van der Waals surface area (Å²) in [5, 5.41) is 7.65. The third-order valence-corrected chi connectivity index (χ3v) is 3.87. The molecule has 0 bridgehead atoms. The Morgan fingerprint density at radius 2 is 2.05 bits per heavy atom. The number of aromatic nitrogens is 2. The SMILES string of the molecule is Cc1c(N)nc(C(C)(C)C)nc1NCCc1ccsc1. The van der Waals surface area contributed by atoms with Gasteiger partial charge in [0.15, 0.2) is 0 Å². The number of nitrogens with one attached hydrogen (secondary N) is 1. The second-order valence-corrected chi connectivity index (χ2v) is 6.74. The number of hydrogen-bond acceptors (Lipinski definition) is 5. The van der Waals surface area contributed by atoms with Crippen LogP contribution in [0.4, 0.5) is 11.6 Å². The van der Waals surface area contributed by atoms with Crippen molar-refractivity contribution in [2.75, 3.05) is 17.6 Å². The van der Waals surface area contributed by atoms with Gasteiger partial charge in [-0.2, -0.15) is 11.3 Å². The summed E-state index contributed by atoms with van der Waals surface area (Å²) in [4.78, 5) is 9.01. The third kappa shape index (κ3) is 3.48. The molecule has 0 unspecified atom stereocenters. The largest absolute Gasteiger partial charge is 0.383 e. The molecule has 0 saturated carbocycles. The summed E-state index contributed by atoms with van der Waals surface area (Å²) in [7, 11) is 0. The summed E-state index contributed by atoms with van der Waals surface area (Å²) >= 11 is 1.72. The van der Waals surface area contributed by atoms with E-state index in [-0.39, 0.29) is 5.41 Å². The number of nitrogen functional groups attached to an aromatic ring is 1. The molecule has 2 aromatic rings. The fraction of sp³-hybridized carbons (Fsp3) is 0.467. The van der Waals surface area contributed by atoms with E-state index in [0.29, 0.717) is 5.82 Å². The van der Waals surface area contributed by atoms with E-state index in [1.54, 1.807) is 11.3 Å². The van der Waals surface area contributed by atoms with Crippen LogP contribution in [0.25, 0.3) is 0 Å². The first-order chi connectivity index (χ1) is 9.38. The molecular weight excluding hydrogens is 268 g/mol. The van der Waals surface area contributed by atoms with Gasteiger partial charge in [0, 0.05) is 17.5 Å². The zero-order valence-corrected chi connectivity index (χ0v) is 13.3. The summed E-state index contributed by atoms with van der Waals surface area (Å²) < 4.78 is 0. The van der Waals surface area contributed by atoms with Gasteiger partial charge in [-0.15, -0.1) is 0 Å². The predicted molar refractivity (Wildman–Crippen MR) is 86.4 cm³/mol. The van der Waals surface area contributed by atoms with Gasteiger partial charge in [-0.1, -0.05) is 20.8 Å². The first-order valence-corrected chi connectivity index (χ1v) is 7.72. The Kier molecular flexibility index (Phi) is 4.28. The van der Waals surface area contributed by atoms with Crippen LogP contribution in [0.3, 0.4) is 0 Å². The zero-order valence-electron chi connectivity index (χ0n) is 12.5. The summed E-state index contributed by atoms with van der Waals surface area (Å²) in [5.74, 6) is 2.18. The molecule has 5 heteroatoms. The van der Waals surface area contributed by atoms with Crippen molar-refractivity contribution >= 4 is 23.0 Å². The summed E-state index contributed by atoms with van der Waals surface area (Å²) in [6, 6.07) is 2.15. The maximum absolute atomic E-state index is 6.00. The summed E-state index contributed by atoms with van der Waals surface area (Å²) in [6.07, 6.45) is 0.984. The van der Waals surface area contributed by atoms with Gasteiger partial charge in [0.1, 0.15) is 17.5 Å². The van der Waals surface area contributed by atoms with Crippen LogP contribution in [-0.4, -0.2) is 16.5 Å². The number of anilines is 2. The quantitative estimate of drug-likeness (QED) is 0.906. The second-order valence-electron chi connectivity index (χ2n) is 5.96. The first-order valence-electron chi connectivity index (χ1n) is 6.77. The molecule has 0 aliphatic rings. The fourth-order valence-corrected chi connectivity index (χ4v) is 2.50. The lowest BCUT2D eigenvalue weighted by atomic mass is 9.95. The smallest absolute Gasteiger partial charge is 0.138 e. The highest BCUT2D eigenvalue weighted by Crippen LogP contribution is 2.24. The van der Waals surface area contributed by atoms with Gasteiger partial charge in [-0.3, -0.25) is 0 Å². The molecule has 2 heterocycles. The van der Waals surface area contributed by atoms with Crippen LogP contribution < -0.4 is 11.1 Å². The number of nitrogens with two attached hydrogens (primary N) is 1. The van der Waals surface area contributed by atoms with E-state index < -0.39 is 0 Å². The lowest BCUT2D eigenvalue weighted by Crippen LogP contribution is -2.20. The maximum Gasteiger partial charge on any atom is 0.138 e. The molecule has 20 heavy (non-hydrogen) atoms. The molecular formula is C15H22N4S. The molecule has 0 saturated heterocycles. The average Bonchev–Trinajstić information content (AvgIpc) is 2.86. The van der Waals surface area contributed by atoms with Crippen LogP contribution in [0.5, 0.6) is 0 Å². The van der Waals surface area contributed by atoms with E-state index in [4.69, 9.17) is 5.73 Å². The molecule has 0 aliphatic heterocycles. The van der Waals surface area contributed by atoms with Crippen molar-refractivity contribution in [1.82, 2.24) is 9.97 Å². The second kappa shape index (κ2) is 5.79. The van der Waals surface area contributed by atoms with Crippen molar-refractivity contribution in [1.29, 1.82) is 0 Å². The fourth-order valence-electron chi connectivity index (χ4n) is 1.80. The van der Waals surface area contributed by atoms with Crippen molar-refractivity contribution in [3.63, 3.8) is 0 Å². The van der Waals surface area contributed by atoms with Crippen LogP contribution in [0.15, 0.2) is 16.8 Å². The molecule has 0 amide bonds. The summed E-state index contributed by atoms with van der Waals surface area (Å²) in [5.41, 5.74) is 8.15. The lowest BCUT2D eigenvalue weighted by molar-refractivity contribution is 0.546. The minimum atomic E-state index is -0.106. The van der Waals surface area contributed by atoms with E-state index in [1.165, 1.54) is 5.56 Å². The van der Waals surface area contributed by atoms with Gasteiger partial charge in [-0.25, -0.2) is 9.97 Å². The van der Waals surface area contributed by atoms with Gasteiger partial charge in [0.2, 0.25) is 0 Å². The molecule has 0 spiro atoms. The van der Waals surface area contributed by atoms with Crippen molar-refractivity contribution < 1.29 is 0 Å². The molecule has 3 N–H and O–H groups in total. The monoisotopic (exact) mass is 290 g/mol. The predicted octanol–water partition coefficient (Wildman–Crippen LogP) is 3.38. The highest BCUT2D eigenvalue weighted by Gasteiger charge is 2.20. The Labute approximate surface area is 124 Å². The molecule has 2 rings (SSSR count). The van der Waals surface area contributed by atoms with Crippen LogP contribution in [0.1, 0.15) is 37.7 Å². The Bertz CT molecular complexity index is 570. The highest BCUT2D eigenvalue weighted by molar-refractivity contribution is 7.07. The standard InChI is InChI=1S/C15H22N4S/c1-10-12(16)18-14(15(2,3)4)19-13(10)17-7-5-11-6-8-20-9-11/h6,8-9H,5,7H2,1-4H3,(H3,16,17,18,19). The maximum atomic E-state index is 6.00. The molecule has 4 nitrogen and oxygen atoms in total. The van der Waals surface area contributed by atoms with Gasteiger partial charge >= 0.3 is 0 Å². The van der Waals surface area contributed by atoms with Gasteiger partial charge in [0.25, 0.3) is 0 Å². The van der Waals surface area contributed by atoms with E-state index in [2.05, 4.69) is 52.9 Å². The van der Waals surface area contributed by atoms with Crippen molar-refractivity contribution in [2.24, 2.45) is 0 Å². The van der Waals surface area contributed by atoms with E-state index in [0.717, 1.165) is 30.2 Å². The van der Waals surface area contributed by atoms with E-state index >= 15 is 0 Å². The van der Waals surface area contributed by atoms with Crippen molar-refractivity contribution in [3.8, 4) is 0 Å². The number of nitrogens with zero attached hydrogens (tertiary/aromatic N) is 2. The zero-order chi connectivity index (χ0) is 14.8. The average molecular weight is 290 g/mol. The minimum absolute atomic E-state index is 0.106. The van der Waals surface area contributed by atoms with Gasteiger partial charge in [-0.05, 0) is 35.7 Å². The lowest BCUT2D eigenvalue weighted by Gasteiger charge is -2.19. The Morgan fingerprint density at radius 1 is 1.30 bits per heavy atom. The normalized spacial score (nSPS) is 11.6. The first kappa shape index (κ1) is 14.8.